The standard InChI is InChI=1S/C16H21NO4/c1-4-6-7-15(18)21-12(3)16(19)17-13-8-10-14(11-9-13)20-5-2/h6-12H,4-5H2,1-3H3,(H,17,19)/b7-6+/t12-/m0/s1. The number of anilines is 1. The normalized spacial score (nSPS) is 12.0. The third-order valence-electron chi connectivity index (χ3n) is 2.58. The van der Waals surface area contributed by atoms with Crippen LogP contribution in [0.3, 0.4) is 0 Å². The summed E-state index contributed by atoms with van der Waals surface area (Å²) >= 11 is 0. The Hall–Kier alpha value is -2.30. The van der Waals surface area contributed by atoms with E-state index >= 15 is 0 Å². The molecule has 0 heterocycles. The summed E-state index contributed by atoms with van der Waals surface area (Å²) in [4.78, 5) is 23.3. The van der Waals surface area contributed by atoms with Gasteiger partial charge in [-0.15, -0.1) is 0 Å². The van der Waals surface area contributed by atoms with Crippen LogP contribution in [-0.2, 0) is 14.3 Å². The van der Waals surface area contributed by atoms with Gasteiger partial charge in [-0.1, -0.05) is 13.0 Å². The van der Waals surface area contributed by atoms with Gasteiger partial charge in [0.1, 0.15) is 5.75 Å². The fourth-order valence-electron chi connectivity index (χ4n) is 1.53. The lowest BCUT2D eigenvalue weighted by molar-refractivity contribution is -0.148. The number of amides is 1. The summed E-state index contributed by atoms with van der Waals surface area (Å²) in [5.74, 6) is -0.164. The maximum Gasteiger partial charge on any atom is 0.331 e. The summed E-state index contributed by atoms with van der Waals surface area (Å²) in [5, 5.41) is 2.68. The third-order valence-corrected chi connectivity index (χ3v) is 2.58. The third kappa shape index (κ3) is 6.12. The first-order valence-electron chi connectivity index (χ1n) is 6.97. The first kappa shape index (κ1) is 16.8. The smallest absolute Gasteiger partial charge is 0.331 e. The predicted octanol–water partition coefficient (Wildman–Crippen LogP) is 2.92. The molecule has 5 heteroatoms. The number of nitrogens with one attached hydrogen (secondary N) is 1. The zero-order valence-electron chi connectivity index (χ0n) is 12.6. The van der Waals surface area contributed by atoms with E-state index in [1.54, 1.807) is 30.3 Å². The highest BCUT2D eigenvalue weighted by molar-refractivity contribution is 5.95. The number of allylic oxidation sites excluding steroid dienone is 1. The molecule has 1 aromatic rings. The lowest BCUT2D eigenvalue weighted by Crippen LogP contribution is -2.29. The highest BCUT2D eigenvalue weighted by atomic mass is 16.5. The van der Waals surface area contributed by atoms with E-state index in [-0.39, 0.29) is 5.91 Å². The van der Waals surface area contributed by atoms with Gasteiger partial charge in [-0.25, -0.2) is 4.79 Å². The molecule has 1 amide bonds. The Morgan fingerprint density at radius 2 is 1.90 bits per heavy atom. The van der Waals surface area contributed by atoms with Crippen molar-refractivity contribution in [3.63, 3.8) is 0 Å². The zero-order valence-corrected chi connectivity index (χ0v) is 12.6. The lowest BCUT2D eigenvalue weighted by atomic mass is 10.3. The van der Waals surface area contributed by atoms with Gasteiger partial charge in [0.05, 0.1) is 6.61 Å². The van der Waals surface area contributed by atoms with Gasteiger partial charge in [0.2, 0.25) is 0 Å². The summed E-state index contributed by atoms with van der Waals surface area (Å²) in [5.41, 5.74) is 0.621. The van der Waals surface area contributed by atoms with Crippen LogP contribution in [0.25, 0.3) is 0 Å². The number of esters is 1. The second-order valence-corrected chi connectivity index (χ2v) is 4.34. The Kier molecular flexibility index (Phi) is 7.01. The monoisotopic (exact) mass is 291 g/mol. The van der Waals surface area contributed by atoms with Gasteiger partial charge >= 0.3 is 5.97 Å². The van der Waals surface area contributed by atoms with Crippen molar-refractivity contribution in [1.29, 1.82) is 0 Å². The molecule has 1 atom stereocenters. The van der Waals surface area contributed by atoms with Crippen molar-refractivity contribution >= 4 is 17.6 Å². The number of rotatable bonds is 7. The Labute approximate surface area is 124 Å². The average Bonchev–Trinajstić information content (AvgIpc) is 2.47. The molecule has 0 spiro atoms. The molecule has 0 fully saturated rings. The number of benzene rings is 1. The van der Waals surface area contributed by atoms with Gasteiger partial charge in [0.15, 0.2) is 6.10 Å². The second kappa shape index (κ2) is 8.79. The maximum absolute atomic E-state index is 11.9. The summed E-state index contributed by atoms with van der Waals surface area (Å²) in [7, 11) is 0. The van der Waals surface area contributed by atoms with Gasteiger partial charge in [0, 0.05) is 11.8 Å². The molecule has 0 aliphatic heterocycles. The molecule has 1 rings (SSSR count). The van der Waals surface area contributed by atoms with Crippen LogP contribution in [0, 0.1) is 0 Å². The van der Waals surface area contributed by atoms with Gasteiger partial charge in [-0.3, -0.25) is 4.79 Å². The fraction of sp³-hybridized carbons (Fsp3) is 0.375. The minimum Gasteiger partial charge on any atom is -0.494 e. The molecule has 0 unspecified atom stereocenters. The van der Waals surface area contributed by atoms with Crippen molar-refractivity contribution in [2.45, 2.75) is 33.3 Å². The van der Waals surface area contributed by atoms with Crippen molar-refractivity contribution in [3.8, 4) is 5.75 Å². The van der Waals surface area contributed by atoms with Crippen LogP contribution in [0.5, 0.6) is 5.75 Å². The molecule has 0 aliphatic carbocycles. The number of hydrogen-bond donors (Lipinski definition) is 1. The summed E-state index contributed by atoms with van der Waals surface area (Å²) < 4.78 is 10.3. The predicted molar refractivity (Wildman–Crippen MR) is 81.2 cm³/mol. The van der Waals surface area contributed by atoms with Crippen LogP contribution in [0.4, 0.5) is 5.69 Å². The molecule has 114 valence electrons. The van der Waals surface area contributed by atoms with E-state index in [9.17, 15) is 9.59 Å². The van der Waals surface area contributed by atoms with Gasteiger partial charge < -0.3 is 14.8 Å². The van der Waals surface area contributed by atoms with E-state index in [0.717, 1.165) is 12.2 Å². The van der Waals surface area contributed by atoms with Gasteiger partial charge in [0.25, 0.3) is 5.91 Å². The molecular weight excluding hydrogens is 270 g/mol. The van der Waals surface area contributed by atoms with Crippen LogP contribution < -0.4 is 10.1 Å². The number of carbonyl (C=O) groups excluding carboxylic acids is 2. The maximum atomic E-state index is 11.9. The quantitative estimate of drug-likeness (QED) is 0.619. The number of carbonyl (C=O) groups is 2. The highest BCUT2D eigenvalue weighted by Gasteiger charge is 2.16. The van der Waals surface area contributed by atoms with Crippen molar-refractivity contribution in [1.82, 2.24) is 0 Å². The molecule has 1 N–H and O–H groups in total. The largest absolute Gasteiger partial charge is 0.494 e. The SMILES string of the molecule is CC/C=C/C(=O)O[C@@H](C)C(=O)Nc1ccc(OCC)cc1. The lowest BCUT2D eigenvalue weighted by Gasteiger charge is -2.12. The second-order valence-electron chi connectivity index (χ2n) is 4.34. The van der Waals surface area contributed by atoms with E-state index in [1.807, 2.05) is 13.8 Å². The molecule has 5 nitrogen and oxygen atoms in total. The van der Waals surface area contributed by atoms with Gasteiger partial charge in [-0.05, 0) is 44.5 Å². The van der Waals surface area contributed by atoms with E-state index in [4.69, 9.17) is 9.47 Å². The molecule has 0 bridgehead atoms. The molecule has 21 heavy (non-hydrogen) atoms. The molecular formula is C16H21NO4. The number of hydrogen-bond acceptors (Lipinski definition) is 4. The molecule has 0 aliphatic rings. The molecule has 0 aromatic heterocycles. The minimum absolute atomic E-state index is 0.377. The highest BCUT2D eigenvalue weighted by Crippen LogP contribution is 2.16. The Morgan fingerprint density at radius 1 is 1.24 bits per heavy atom. The van der Waals surface area contributed by atoms with Crippen LogP contribution in [-0.4, -0.2) is 24.6 Å². The van der Waals surface area contributed by atoms with Crippen molar-refractivity contribution in [2.24, 2.45) is 0 Å². The van der Waals surface area contributed by atoms with Gasteiger partial charge in [-0.2, -0.15) is 0 Å². The molecule has 0 saturated carbocycles. The topological polar surface area (TPSA) is 64.6 Å². The summed E-state index contributed by atoms with van der Waals surface area (Å²) in [6.07, 6.45) is 2.88. The van der Waals surface area contributed by atoms with Crippen LogP contribution >= 0.6 is 0 Å². The Morgan fingerprint density at radius 3 is 2.48 bits per heavy atom. The average molecular weight is 291 g/mol. The van der Waals surface area contributed by atoms with Crippen LogP contribution in [0.15, 0.2) is 36.4 Å². The first-order valence-corrected chi connectivity index (χ1v) is 6.97. The summed E-state index contributed by atoms with van der Waals surface area (Å²) in [6, 6.07) is 6.99. The van der Waals surface area contributed by atoms with E-state index in [0.29, 0.717) is 12.3 Å². The van der Waals surface area contributed by atoms with Crippen LogP contribution in [0.1, 0.15) is 27.2 Å². The Bertz CT molecular complexity index is 494. The molecule has 1 aromatic carbocycles. The fourth-order valence-corrected chi connectivity index (χ4v) is 1.53. The van der Waals surface area contributed by atoms with Crippen molar-refractivity contribution in [3.05, 3.63) is 36.4 Å². The van der Waals surface area contributed by atoms with E-state index < -0.39 is 12.1 Å². The number of ether oxygens (including phenoxy) is 2. The minimum atomic E-state index is -0.856. The molecule has 0 saturated heterocycles. The first-order chi connectivity index (χ1) is 10.1. The van der Waals surface area contributed by atoms with E-state index in [2.05, 4.69) is 5.32 Å². The van der Waals surface area contributed by atoms with E-state index in [1.165, 1.54) is 13.0 Å². The van der Waals surface area contributed by atoms with Crippen molar-refractivity contribution in [2.75, 3.05) is 11.9 Å². The summed E-state index contributed by atoms with van der Waals surface area (Å²) in [6.45, 7) is 5.93. The Balaban J connectivity index is 2.51. The zero-order chi connectivity index (χ0) is 15.7. The van der Waals surface area contributed by atoms with Crippen LogP contribution in [0.2, 0.25) is 0 Å². The van der Waals surface area contributed by atoms with Crippen molar-refractivity contribution < 1.29 is 19.1 Å². The molecule has 0 radical (unpaired) electrons.